The van der Waals surface area contributed by atoms with Crippen LogP contribution in [0.15, 0.2) is 47.1 Å². The Morgan fingerprint density at radius 2 is 2.18 bits per heavy atom. The quantitative estimate of drug-likeness (QED) is 0.870. The first-order valence-electron chi connectivity index (χ1n) is 5.26. The summed E-state index contributed by atoms with van der Waals surface area (Å²) in [5, 5.41) is 2.89. The lowest BCUT2D eigenvalue weighted by Crippen LogP contribution is -2.26. The van der Waals surface area contributed by atoms with Crippen molar-refractivity contribution in [3.05, 3.63) is 57.6 Å². The minimum Gasteiger partial charge on any atom is -0.467 e. The van der Waals surface area contributed by atoms with Crippen LogP contribution in [0.5, 0.6) is 0 Å². The average Bonchev–Trinajstić information content (AvgIpc) is 2.82. The minimum absolute atomic E-state index is 0.0904. The largest absolute Gasteiger partial charge is 0.467 e. The third kappa shape index (κ3) is 3.09. The fourth-order valence-corrected chi connectivity index (χ4v) is 2.06. The van der Waals surface area contributed by atoms with Crippen LogP contribution in [-0.4, -0.2) is 5.91 Å². The van der Waals surface area contributed by atoms with E-state index < -0.39 is 0 Å². The fourth-order valence-electron chi connectivity index (χ4n) is 1.52. The molecule has 0 saturated carbocycles. The van der Waals surface area contributed by atoms with E-state index in [9.17, 15) is 4.79 Å². The summed E-state index contributed by atoms with van der Waals surface area (Å²) in [6, 6.07) is 11.0. The maximum Gasteiger partial charge on any atom is 0.251 e. The highest BCUT2D eigenvalue weighted by Gasteiger charge is 2.13. The van der Waals surface area contributed by atoms with Gasteiger partial charge in [0.25, 0.3) is 5.91 Å². The van der Waals surface area contributed by atoms with Crippen molar-refractivity contribution in [1.82, 2.24) is 5.32 Å². The molecule has 0 aliphatic heterocycles. The first-order valence-corrected chi connectivity index (χ1v) is 6.34. The van der Waals surface area contributed by atoms with Gasteiger partial charge in [-0.15, -0.1) is 0 Å². The highest BCUT2D eigenvalue weighted by molar-refractivity contribution is 14.1. The molecule has 1 aromatic heterocycles. The van der Waals surface area contributed by atoms with Gasteiger partial charge in [-0.25, -0.2) is 0 Å². The van der Waals surface area contributed by atoms with Gasteiger partial charge >= 0.3 is 0 Å². The van der Waals surface area contributed by atoms with E-state index in [0.29, 0.717) is 5.56 Å². The number of hydrogen-bond donors (Lipinski definition) is 1. The number of hydrogen-bond acceptors (Lipinski definition) is 2. The summed E-state index contributed by atoms with van der Waals surface area (Å²) in [7, 11) is 0. The number of carbonyl (C=O) groups is 1. The van der Waals surface area contributed by atoms with Gasteiger partial charge in [-0.2, -0.15) is 0 Å². The standard InChI is InChI=1S/C13H12INO2/c1-9(12-6-3-7-17-12)15-13(16)10-4-2-5-11(14)8-10/h2-9H,1H3,(H,15,16)/t9-/m0/s1. The third-order valence-corrected chi connectivity index (χ3v) is 3.08. The topological polar surface area (TPSA) is 42.2 Å². The molecule has 0 aliphatic carbocycles. The Morgan fingerprint density at radius 3 is 2.82 bits per heavy atom. The van der Waals surface area contributed by atoms with E-state index in [1.807, 2.05) is 37.3 Å². The molecule has 1 aromatic carbocycles. The van der Waals surface area contributed by atoms with Crippen LogP contribution >= 0.6 is 22.6 Å². The van der Waals surface area contributed by atoms with Crippen molar-refractivity contribution in [2.75, 3.05) is 0 Å². The summed E-state index contributed by atoms with van der Waals surface area (Å²) in [6.07, 6.45) is 1.60. The average molecular weight is 341 g/mol. The van der Waals surface area contributed by atoms with Crippen LogP contribution in [0, 0.1) is 3.57 Å². The van der Waals surface area contributed by atoms with E-state index in [1.54, 1.807) is 12.3 Å². The van der Waals surface area contributed by atoms with Crippen LogP contribution in [0.3, 0.4) is 0 Å². The zero-order valence-corrected chi connectivity index (χ0v) is 11.5. The molecule has 1 atom stereocenters. The number of nitrogens with one attached hydrogen (secondary N) is 1. The summed E-state index contributed by atoms with van der Waals surface area (Å²) >= 11 is 2.18. The van der Waals surface area contributed by atoms with Crippen molar-refractivity contribution >= 4 is 28.5 Å². The molecule has 0 saturated heterocycles. The van der Waals surface area contributed by atoms with Crippen molar-refractivity contribution in [2.24, 2.45) is 0 Å². The van der Waals surface area contributed by atoms with Gasteiger partial charge < -0.3 is 9.73 Å². The molecule has 2 aromatic rings. The summed E-state index contributed by atoms with van der Waals surface area (Å²) in [5.41, 5.74) is 0.662. The number of furan rings is 1. The van der Waals surface area contributed by atoms with Crippen molar-refractivity contribution < 1.29 is 9.21 Å². The van der Waals surface area contributed by atoms with Crippen molar-refractivity contribution in [1.29, 1.82) is 0 Å². The van der Waals surface area contributed by atoms with E-state index in [0.717, 1.165) is 9.33 Å². The zero-order chi connectivity index (χ0) is 12.3. The molecule has 1 N–H and O–H groups in total. The van der Waals surface area contributed by atoms with Gasteiger partial charge in [0.2, 0.25) is 0 Å². The summed E-state index contributed by atoms with van der Waals surface area (Å²) in [4.78, 5) is 11.9. The Bertz CT molecular complexity index is 508. The molecule has 3 nitrogen and oxygen atoms in total. The Hall–Kier alpha value is -1.30. The minimum atomic E-state index is -0.129. The lowest BCUT2D eigenvalue weighted by atomic mass is 10.2. The van der Waals surface area contributed by atoms with Gasteiger partial charge in [-0.3, -0.25) is 4.79 Å². The second kappa shape index (κ2) is 5.35. The number of rotatable bonds is 3. The molecular weight excluding hydrogens is 329 g/mol. The normalized spacial score (nSPS) is 12.1. The molecule has 88 valence electrons. The molecule has 1 amide bonds. The zero-order valence-electron chi connectivity index (χ0n) is 9.31. The van der Waals surface area contributed by atoms with Crippen LogP contribution in [0.4, 0.5) is 0 Å². The lowest BCUT2D eigenvalue weighted by Gasteiger charge is -2.11. The Labute approximate surface area is 113 Å². The second-order valence-corrected chi connectivity index (χ2v) is 4.97. The van der Waals surface area contributed by atoms with Crippen LogP contribution in [-0.2, 0) is 0 Å². The number of benzene rings is 1. The van der Waals surface area contributed by atoms with E-state index in [2.05, 4.69) is 27.9 Å². The predicted molar refractivity (Wildman–Crippen MR) is 73.7 cm³/mol. The Kier molecular flexibility index (Phi) is 3.83. The molecular formula is C13H12INO2. The molecule has 0 bridgehead atoms. The highest BCUT2D eigenvalue weighted by Crippen LogP contribution is 2.14. The number of carbonyl (C=O) groups excluding carboxylic acids is 1. The maximum atomic E-state index is 11.9. The van der Waals surface area contributed by atoms with Gasteiger partial charge in [-0.1, -0.05) is 6.07 Å². The second-order valence-electron chi connectivity index (χ2n) is 3.72. The molecule has 0 radical (unpaired) electrons. The van der Waals surface area contributed by atoms with E-state index in [4.69, 9.17) is 4.42 Å². The van der Waals surface area contributed by atoms with Crippen molar-refractivity contribution in [3.63, 3.8) is 0 Å². The van der Waals surface area contributed by atoms with Crippen LogP contribution in [0.25, 0.3) is 0 Å². The SMILES string of the molecule is C[C@H](NC(=O)c1cccc(I)c1)c1ccco1. The summed E-state index contributed by atoms with van der Waals surface area (Å²) in [6.45, 7) is 1.89. The highest BCUT2D eigenvalue weighted by atomic mass is 127. The van der Waals surface area contributed by atoms with E-state index in [1.165, 1.54) is 0 Å². The van der Waals surface area contributed by atoms with E-state index in [-0.39, 0.29) is 11.9 Å². The molecule has 0 aliphatic rings. The summed E-state index contributed by atoms with van der Waals surface area (Å²) in [5.74, 6) is 0.663. The van der Waals surface area contributed by atoms with Gasteiger partial charge in [-0.05, 0) is 59.8 Å². The number of halogens is 1. The maximum absolute atomic E-state index is 11.9. The van der Waals surface area contributed by atoms with Gasteiger partial charge in [0, 0.05) is 9.13 Å². The molecule has 1 heterocycles. The van der Waals surface area contributed by atoms with Crippen molar-refractivity contribution in [2.45, 2.75) is 13.0 Å². The monoisotopic (exact) mass is 341 g/mol. The van der Waals surface area contributed by atoms with Crippen LogP contribution < -0.4 is 5.32 Å². The fraction of sp³-hybridized carbons (Fsp3) is 0.154. The number of amides is 1. The predicted octanol–water partition coefficient (Wildman–Crippen LogP) is 3.38. The Balaban J connectivity index is 2.07. The summed E-state index contributed by atoms with van der Waals surface area (Å²) < 4.78 is 6.28. The Morgan fingerprint density at radius 1 is 1.35 bits per heavy atom. The van der Waals surface area contributed by atoms with Crippen molar-refractivity contribution in [3.8, 4) is 0 Å². The molecule has 0 spiro atoms. The van der Waals surface area contributed by atoms with E-state index >= 15 is 0 Å². The van der Waals surface area contributed by atoms with Gasteiger partial charge in [0.1, 0.15) is 5.76 Å². The smallest absolute Gasteiger partial charge is 0.251 e. The van der Waals surface area contributed by atoms with Gasteiger partial charge in [0.05, 0.1) is 12.3 Å². The molecule has 0 fully saturated rings. The lowest BCUT2D eigenvalue weighted by molar-refractivity contribution is 0.0935. The molecule has 0 unspecified atom stereocenters. The first-order chi connectivity index (χ1) is 8.16. The van der Waals surface area contributed by atoms with Gasteiger partial charge in [0.15, 0.2) is 0 Å². The third-order valence-electron chi connectivity index (χ3n) is 2.40. The molecule has 2 rings (SSSR count). The molecule has 4 heteroatoms. The first kappa shape index (κ1) is 12.2. The van der Waals surface area contributed by atoms with Crippen LogP contribution in [0.2, 0.25) is 0 Å². The molecule has 17 heavy (non-hydrogen) atoms. The van der Waals surface area contributed by atoms with Crippen LogP contribution in [0.1, 0.15) is 29.1 Å².